The van der Waals surface area contributed by atoms with E-state index in [0.717, 1.165) is 29.2 Å². The van der Waals surface area contributed by atoms with Crippen LogP contribution in [-0.4, -0.2) is 30.9 Å². The molecule has 0 spiro atoms. The van der Waals surface area contributed by atoms with Crippen molar-refractivity contribution in [3.63, 3.8) is 0 Å². The molecule has 2 amide bonds. The van der Waals surface area contributed by atoms with Crippen LogP contribution in [0.3, 0.4) is 0 Å². The normalized spacial score (nSPS) is 31.6. The molecular weight excluding hydrogens is 340 g/mol. The van der Waals surface area contributed by atoms with Crippen LogP contribution in [-0.2, 0) is 4.74 Å². The van der Waals surface area contributed by atoms with E-state index in [1.165, 1.54) is 38.5 Å². The van der Waals surface area contributed by atoms with Crippen molar-refractivity contribution < 1.29 is 14.3 Å². The van der Waals surface area contributed by atoms with E-state index in [0.29, 0.717) is 6.61 Å². The van der Waals surface area contributed by atoms with Gasteiger partial charge in [-0.15, -0.1) is 0 Å². The third-order valence-electron chi connectivity index (χ3n) is 6.52. The number of urea groups is 1. The average Bonchev–Trinajstić information content (AvgIpc) is 2.59. The number of benzene rings is 1. The molecule has 4 saturated carbocycles. The lowest BCUT2D eigenvalue weighted by Crippen LogP contribution is -2.55. The summed E-state index contributed by atoms with van der Waals surface area (Å²) in [5.74, 6) is 3.37. The van der Waals surface area contributed by atoms with Gasteiger partial charge < -0.3 is 20.1 Å². The molecule has 0 radical (unpaired) electrons. The summed E-state index contributed by atoms with van der Waals surface area (Å²) in [6, 6.07) is 7.11. The summed E-state index contributed by atoms with van der Waals surface area (Å²) in [7, 11) is 1.63. The number of carbonyl (C=O) groups excluding carboxylic acids is 1. The fraction of sp³-hybridized carbons (Fsp3) is 0.682. The van der Waals surface area contributed by atoms with E-state index in [-0.39, 0.29) is 11.6 Å². The second kappa shape index (κ2) is 7.01. The van der Waals surface area contributed by atoms with Crippen LogP contribution in [0.4, 0.5) is 10.5 Å². The summed E-state index contributed by atoms with van der Waals surface area (Å²) < 4.78 is 11.7. The lowest BCUT2D eigenvalue weighted by Gasteiger charge is -2.56. The zero-order valence-electron chi connectivity index (χ0n) is 16.7. The molecule has 0 atom stereocenters. The summed E-state index contributed by atoms with van der Waals surface area (Å²) in [6.07, 6.45) is 7.88. The average molecular weight is 373 g/mol. The lowest BCUT2D eigenvalue weighted by molar-refractivity contribution is -0.170. The Morgan fingerprint density at radius 2 is 1.63 bits per heavy atom. The Morgan fingerprint density at radius 3 is 2.15 bits per heavy atom. The van der Waals surface area contributed by atoms with Crippen molar-refractivity contribution in [1.29, 1.82) is 0 Å². The quantitative estimate of drug-likeness (QED) is 0.768. The van der Waals surface area contributed by atoms with Gasteiger partial charge in [-0.2, -0.15) is 0 Å². The van der Waals surface area contributed by atoms with Gasteiger partial charge in [0.25, 0.3) is 0 Å². The first kappa shape index (κ1) is 18.6. The minimum absolute atomic E-state index is 0.0696. The number of hydrogen-bond acceptors (Lipinski definition) is 3. The first-order valence-electron chi connectivity index (χ1n) is 10.2. The van der Waals surface area contributed by atoms with E-state index in [1.54, 1.807) is 7.11 Å². The summed E-state index contributed by atoms with van der Waals surface area (Å²) >= 11 is 0. The van der Waals surface area contributed by atoms with Crippen LogP contribution in [0.25, 0.3) is 0 Å². The van der Waals surface area contributed by atoms with Crippen molar-refractivity contribution in [2.24, 2.45) is 17.8 Å². The lowest BCUT2D eigenvalue weighted by atomic mass is 9.54. The maximum Gasteiger partial charge on any atom is 0.319 e. The molecule has 0 unspecified atom stereocenters. The third kappa shape index (κ3) is 4.23. The van der Waals surface area contributed by atoms with Gasteiger partial charge in [-0.1, -0.05) is 0 Å². The van der Waals surface area contributed by atoms with E-state index in [4.69, 9.17) is 9.47 Å². The molecule has 5 heteroatoms. The van der Waals surface area contributed by atoms with Crippen LogP contribution in [0.1, 0.15) is 52.4 Å². The highest BCUT2D eigenvalue weighted by Crippen LogP contribution is 2.57. The molecular formula is C22H32N2O3. The van der Waals surface area contributed by atoms with Crippen LogP contribution in [0.15, 0.2) is 24.3 Å². The Kier molecular flexibility index (Phi) is 4.83. The van der Waals surface area contributed by atoms with Gasteiger partial charge in [-0.25, -0.2) is 4.79 Å². The predicted molar refractivity (Wildman–Crippen MR) is 106 cm³/mol. The van der Waals surface area contributed by atoms with Crippen LogP contribution < -0.4 is 15.4 Å². The molecule has 5 rings (SSSR count). The Morgan fingerprint density at radius 1 is 1.07 bits per heavy atom. The highest BCUT2D eigenvalue weighted by Gasteiger charge is 2.52. The van der Waals surface area contributed by atoms with E-state index in [1.807, 2.05) is 38.1 Å². The molecule has 4 aliphatic rings. The Balaban J connectivity index is 1.30. The number of amides is 2. The van der Waals surface area contributed by atoms with Crippen molar-refractivity contribution in [2.45, 2.75) is 63.5 Å². The fourth-order valence-electron chi connectivity index (χ4n) is 5.72. The van der Waals surface area contributed by atoms with Gasteiger partial charge in [0.2, 0.25) is 0 Å². The molecule has 2 N–H and O–H groups in total. The van der Waals surface area contributed by atoms with Gasteiger partial charge in [-0.05, 0) is 94.4 Å². The second-order valence-corrected chi connectivity index (χ2v) is 9.58. The van der Waals surface area contributed by atoms with Crippen LogP contribution in [0.5, 0.6) is 5.75 Å². The van der Waals surface area contributed by atoms with Crippen LogP contribution in [0.2, 0.25) is 0 Å². The van der Waals surface area contributed by atoms with Gasteiger partial charge in [0, 0.05) is 5.69 Å². The van der Waals surface area contributed by atoms with Gasteiger partial charge in [0.05, 0.1) is 24.9 Å². The first-order chi connectivity index (χ1) is 12.8. The Labute approximate surface area is 162 Å². The Bertz CT molecular complexity index is 648. The summed E-state index contributed by atoms with van der Waals surface area (Å²) in [5, 5.41) is 5.94. The third-order valence-corrected chi connectivity index (χ3v) is 6.52. The van der Waals surface area contributed by atoms with E-state index in [9.17, 15) is 4.79 Å². The molecule has 4 fully saturated rings. The molecule has 0 saturated heterocycles. The van der Waals surface area contributed by atoms with Crippen molar-refractivity contribution in [2.75, 3.05) is 19.0 Å². The number of anilines is 1. The van der Waals surface area contributed by atoms with Crippen molar-refractivity contribution in [3.8, 4) is 5.75 Å². The summed E-state index contributed by atoms with van der Waals surface area (Å²) in [5.41, 5.74) is 0.395. The molecule has 4 aliphatic carbocycles. The van der Waals surface area contributed by atoms with Crippen molar-refractivity contribution in [3.05, 3.63) is 24.3 Å². The number of rotatable bonds is 6. The van der Waals surface area contributed by atoms with Crippen molar-refractivity contribution >= 4 is 11.7 Å². The number of ether oxygens (including phenoxy) is 2. The number of methoxy groups -OCH3 is 1. The maximum absolute atomic E-state index is 12.4. The molecule has 4 bridgehead atoms. The summed E-state index contributed by atoms with van der Waals surface area (Å²) in [4.78, 5) is 12.4. The molecule has 5 nitrogen and oxygen atoms in total. The maximum atomic E-state index is 12.4. The number of nitrogens with one attached hydrogen (secondary N) is 2. The van der Waals surface area contributed by atoms with Crippen LogP contribution >= 0.6 is 0 Å². The SMILES string of the molecule is COc1ccc(NC(=O)NC(C)(C)COC23CC4CC(CC(C4)C2)C3)cc1. The minimum atomic E-state index is -0.417. The van der Waals surface area contributed by atoms with Gasteiger partial charge >= 0.3 is 6.03 Å². The topological polar surface area (TPSA) is 59.6 Å². The molecule has 0 aromatic heterocycles. The zero-order chi connectivity index (χ0) is 19.1. The van der Waals surface area contributed by atoms with Gasteiger partial charge in [0.15, 0.2) is 0 Å². The molecule has 1 aromatic rings. The molecule has 1 aromatic carbocycles. The monoisotopic (exact) mass is 372 g/mol. The highest BCUT2D eigenvalue weighted by atomic mass is 16.5. The Hall–Kier alpha value is -1.75. The standard InChI is InChI=1S/C22H32N2O3/c1-21(2,24-20(25)23-18-4-6-19(26-3)7-5-18)14-27-22-11-15-8-16(12-22)10-17(9-15)13-22/h4-7,15-17H,8-14H2,1-3H3,(H2,23,24,25). The van der Waals surface area contributed by atoms with Crippen LogP contribution in [0, 0.1) is 17.8 Å². The number of hydrogen-bond donors (Lipinski definition) is 2. The highest BCUT2D eigenvalue weighted by molar-refractivity contribution is 5.89. The summed E-state index contributed by atoms with van der Waals surface area (Å²) in [6.45, 7) is 4.61. The molecule has 0 aliphatic heterocycles. The van der Waals surface area contributed by atoms with Gasteiger partial charge in [0.1, 0.15) is 5.75 Å². The zero-order valence-corrected chi connectivity index (χ0v) is 16.7. The molecule has 27 heavy (non-hydrogen) atoms. The van der Waals surface area contributed by atoms with Gasteiger partial charge in [-0.3, -0.25) is 0 Å². The smallest absolute Gasteiger partial charge is 0.319 e. The van der Waals surface area contributed by atoms with Crippen molar-refractivity contribution in [1.82, 2.24) is 5.32 Å². The van der Waals surface area contributed by atoms with E-state index >= 15 is 0 Å². The largest absolute Gasteiger partial charge is 0.497 e. The number of carbonyl (C=O) groups is 1. The van der Waals surface area contributed by atoms with E-state index < -0.39 is 5.54 Å². The predicted octanol–water partition coefficient (Wildman–Crippen LogP) is 4.58. The second-order valence-electron chi connectivity index (χ2n) is 9.58. The molecule has 0 heterocycles. The molecule has 148 valence electrons. The minimum Gasteiger partial charge on any atom is -0.497 e. The fourth-order valence-corrected chi connectivity index (χ4v) is 5.72. The first-order valence-corrected chi connectivity index (χ1v) is 10.2. The van der Waals surface area contributed by atoms with E-state index in [2.05, 4.69) is 10.6 Å².